The van der Waals surface area contributed by atoms with Gasteiger partial charge in [0.25, 0.3) is 0 Å². The second-order valence-electron chi connectivity index (χ2n) is 4.00. The van der Waals surface area contributed by atoms with E-state index in [4.69, 9.17) is 23.2 Å². The molecule has 0 spiro atoms. The smallest absolute Gasteiger partial charge is 0.138 e. The molecule has 0 saturated carbocycles. The molecule has 16 heavy (non-hydrogen) atoms. The van der Waals surface area contributed by atoms with E-state index in [0.29, 0.717) is 17.1 Å². The molecule has 0 bridgehead atoms. The summed E-state index contributed by atoms with van der Waals surface area (Å²) in [5.41, 5.74) is 0.853. The van der Waals surface area contributed by atoms with Crippen LogP contribution in [0.1, 0.15) is 31.7 Å². The van der Waals surface area contributed by atoms with Gasteiger partial charge in [-0.15, -0.1) is 11.6 Å². The summed E-state index contributed by atoms with van der Waals surface area (Å²) in [4.78, 5) is 10.6. The molecule has 0 aliphatic carbocycles. The van der Waals surface area contributed by atoms with Crippen molar-refractivity contribution in [3.05, 3.63) is 17.0 Å². The van der Waals surface area contributed by atoms with Gasteiger partial charge in [-0.3, -0.25) is 0 Å². The predicted molar refractivity (Wildman–Crippen MR) is 67.3 cm³/mol. The van der Waals surface area contributed by atoms with E-state index in [0.717, 1.165) is 24.3 Å². The third-order valence-electron chi connectivity index (χ3n) is 3.12. The van der Waals surface area contributed by atoms with Gasteiger partial charge in [-0.1, -0.05) is 18.5 Å². The van der Waals surface area contributed by atoms with Crippen molar-refractivity contribution in [2.24, 2.45) is 0 Å². The average molecular weight is 260 g/mol. The van der Waals surface area contributed by atoms with Crippen LogP contribution < -0.4 is 4.90 Å². The SMILES string of the molecule is CCC1CCCN1c1ncnc(Cl)c1CCl. The van der Waals surface area contributed by atoms with Crippen LogP contribution >= 0.6 is 23.2 Å². The summed E-state index contributed by atoms with van der Waals surface area (Å²) >= 11 is 12.0. The molecule has 0 radical (unpaired) electrons. The minimum Gasteiger partial charge on any atom is -0.353 e. The Morgan fingerprint density at radius 1 is 1.50 bits per heavy atom. The lowest BCUT2D eigenvalue weighted by Crippen LogP contribution is -2.30. The van der Waals surface area contributed by atoms with Crippen molar-refractivity contribution in [1.82, 2.24) is 9.97 Å². The maximum absolute atomic E-state index is 6.04. The zero-order valence-corrected chi connectivity index (χ0v) is 10.8. The Hall–Kier alpha value is -0.540. The number of hydrogen-bond donors (Lipinski definition) is 0. The highest BCUT2D eigenvalue weighted by Gasteiger charge is 2.26. The average Bonchev–Trinajstić information content (AvgIpc) is 2.76. The van der Waals surface area contributed by atoms with Crippen LogP contribution in [0.2, 0.25) is 5.15 Å². The van der Waals surface area contributed by atoms with Crippen molar-refractivity contribution in [2.45, 2.75) is 38.1 Å². The topological polar surface area (TPSA) is 29.0 Å². The maximum atomic E-state index is 6.04. The van der Waals surface area contributed by atoms with Crippen LogP contribution in [-0.2, 0) is 5.88 Å². The molecule has 1 atom stereocenters. The summed E-state index contributed by atoms with van der Waals surface area (Å²) in [6, 6.07) is 0.563. The normalized spacial score (nSPS) is 20.4. The fourth-order valence-electron chi connectivity index (χ4n) is 2.28. The highest BCUT2D eigenvalue weighted by atomic mass is 35.5. The molecule has 1 aromatic rings. The number of halogens is 2. The standard InChI is InChI=1S/C11H15Cl2N3/c1-2-8-4-3-5-16(8)11-9(6-12)10(13)14-7-15-11/h7-8H,2-6H2,1H3. The first-order chi connectivity index (χ1) is 7.77. The molecule has 2 rings (SSSR count). The molecule has 1 aromatic heterocycles. The van der Waals surface area contributed by atoms with E-state index in [9.17, 15) is 0 Å². The molecule has 1 unspecified atom stereocenters. The van der Waals surface area contributed by atoms with Gasteiger partial charge in [0.1, 0.15) is 17.3 Å². The van der Waals surface area contributed by atoms with Crippen molar-refractivity contribution in [3.8, 4) is 0 Å². The lowest BCUT2D eigenvalue weighted by Gasteiger charge is -2.26. The van der Waals surface area contributed by atoms with E-state index in [-0.39, 0.29) is 0 Å². The molecule has 1 saturated heterocycles. The van der Waals surface area contributed by atoms with E-state index in [1.165, 1.54) is 19.2 Å². The van der Waals surface area contributed by atoms with Crippen molar-refractivity contribution >= 4 is 29.0 Å². The van der Waals surface area contributed by atoms with Crippen LogP contribution in [0.3, 0.4) is 0 Å². The summed E-state index contributed by atoms with van der Waals surface area (Å²) in [5.74, 6) is 1.28. The summed E-state index contributed by atoms with van der Waals surface area (Å²) < 4.78 is 0. The minimum absolute atomic E-state index is 0.363. The third kappa shape index (κ3) is 2.11. The Morgan fingerprint density at radius 2 is 2.31 bits per heavy atom. The van der Waals surface area contributed by atoms with Crippen LogP contribution in [0.15, 0.2) is 6.33 Å². The fraction of sp³-hybridized carbons (Fsp3) is 0.636. The maximum Gasteiger partial charge on any atom is 0.138 e. The van der Waals surface area contributed by atoms with Gasteiger partial charge in [0, 0.05) is 18.2 Å². The highest BCUT2D eigenvalue weighted by molar-refractivity contribution is 6.31. The van der Waals surface area contributed by atoms with E-state index in [1.807, 2.05) is 0 Å². The van der Waals surface area contributed by atoms with Gasteiger partial charge < -0.3 is 4.90 Å². The van der Waals surface area contributed by atoms with Crippen molar-refractivity contribution in [3.63, 3.8) is 0 Å². The minimum atomic E-state index is 0.363. The third-order valence-corrected chi connectivity index (χ3v) is 3.72. The fourth-order valence-corrected chi connectivity index (χ4v) is 2.79. The van der Waals surface area contributed by atoms with E-state index >= 15 is 0 Å². The summed E-state index contributed by atoms with van der Waals surface area (Å²) in [7, 11) is 0. The van der Waals surface area contributed by atoms with E-state index in [1.54, 1.807) is 0 Å². The van der Waals surface area contributed by atoms with Crippen molar-refractivity contribution < 1.29 is 0 Å². The zero-order valence-electron chi connectivity index (χ0n) is 9.29. The van der Waals surface area contributed by atoms with Crippen LogP contribution in [0.4, 0.5) is 5.82 Å². The van der Waals surface area contributed by atoms with Gasteiger partial charge in [0.2, 0.25) is 0 Å². The molecule has 0 N–H and O–H groups in total. The van der Waals surface area contributed by atoms with Crippen LogP contribution in [0.5, 0.6) is 0 Å². The number of nitrogens with zero attached hydrogens (tertiary/aromatic N) is 3. The second kappa shape index (κ2) is 5.19. The number of aromatic nitrogens is 2. The lowest BCUT2D eigenvalue weighted by molar-refractivity contribution is 0.638. The molecule has 0 aromatic carbocycles. The highest BCUT2D eigenvalue weighted by Crippen LogP contribution is 2.31. The molecule has 1 fully saturated rings. The number of alkyl halides is 1. The van der Waals surface area contributed by atoms with Gasteiger partial charge in [0.15, 0.2) is 0 Å². The zero-order chi connectivity index (χ0) is 11.5. The first-order valence-corrected chi connectivity index (χ1v) is 6.51. The van der Waals surface area contributed by atoms with Crippen molar-refractivity contribution in [1.29, 1.82) is 0 Å². The lowest BCUT2D eigenvalue weighted by atomic mass is 10.1. The van der Waals surface area contributed by atoms with Crippen molar-refractivity contribution in [2.75, 3.05) is 11.4 Å². The molecule has 1 aliphatic rings. The van der Waals surface area contributed by atoms with Gasteiger partial charge in [-0.25, -0.2) is 9.97 Å². The Bertz CT molecular complexity index is 370. The summed E-state index contributed by atoms with van der Waals surface area (Å²) in [5, 5.41) is 0.474. The Labute approximate surface area is 106 Å². The van der Waals surface area contributed by atoms with Crippen LogP contribution in [0, 0.1) is 0 Å². The first-order valence-electron chi connectivity index (χ1n) is 5.60. The number of rotatable bonds is 3. The largest absolute Gasteiger partial charge is 0.353 e. The Morgan fingerprint density at radius 3 is 3.00 bits per heavy atom. The molecular formula is C11H15Cl2N3. The molecule has 1 aliphatic heterocycles. The summed E-state index contributed by atoms with van der Waals surface area (Å²) in [6.45, 7) is 3.24. The van der Waals surface area contributed by atoms with E-state index < -0.39 is 0 Å². The number of hydrogen-bond acceptors (Lipinski definition) is 3. The molecular weight excluding hydrogens is 245 g/mol. The molecule has 5 heteroatoms. The Balaban J connectivity index is 2.35. The van der Waals surface area contributed by atoms with E-state index in [2.05, 4.69) is 21.8 Å². The Kier molecular flexibility index (Phi) is 3.87. The van der Waals surface area contributed by atoms with Crippen LogP contribution in [-0.4, -0.2) is 22.6 Å². The van der Waals surface area contributed by atoms with Gasteiger partial charge in [-0.2, -0.15) is 0 Å². The predicted octanol–water partition coefficient (Wildman–Crippen LogP) is 3.25. The first kappa shape index (κ1) is 11.9. The van der Waals surface area contributed by atoms with Gasteiger partial charge >= 0.3 is 0 Å². The number of anilines is 1. The van der Waals surface area contributed by atoms with Gasteiger partial charge in [-0.05, 0) is 19.3 Å². The monoisotopic (exact) mass is 259 g/mol. The summed E-state index contributed by atoms with van der Waals surface area (Å²) in [6.07, 6.45) is 5.07. The second-order valence-corrected chi connectivity index (χ2v) is 4.62. The van der Waals surface area contributed by atoms with Gasteiger partial charge in [0.05, 0.1) is 5.88 Å². The quantitative estimate of drug-likeness (QED) is 0.617. The molecule has 3 nitrogen and oxygen atoms in total. The molecule has 0 amide bonds. The van der Waals surface area contributed by atoms with Crippen LogP contribution in [0.25, 0.3) is 0 Å². The molecule has 88 valence electrons. The molecule has 2 heterocycles.